The third-order valence-electron chi connectivity index (χ3n) is 3.04. The number of hydrogen-bond acceptors (Lipinski definition) is 3. The minimum absolute atomic E-state index is 0.374. The fraction of sp³-hybridized carbons (Fsp3) is 0.615. The molecule has 4 heteroatoms. The zero-order valence-electron chi connectivity index (χ0n) is 10.6. The molecule has 0 radical (unpaired) electrons. The molecule has 0 saturated heterocycles. The summed E-state index contributed by atoms with van der Waals surface area (Å²) in [6.45, 7) is 5.46. The molecule has 0 unspecified atom stereocenters. The van der Waals surface area contributed by atoms with Crippen LogP contribution in [0.25, 0.3) is 0 Å². The molecule has 1 rings (SSSR count). The van der Waals surface area contributed by atoms with Crippen LogP contribution in [0.5, 0.6) is 0 Å². The highest BCUT2D eigenvalue weighted by atomic mass is 127. The summed E-state index contributed by atoms with van der Waals surface area (Å²) in [6, 6.07) is 0.671. The third-order valence-corrected chi connectivity index (χ3v) is 3.74. The standard InChI is InChI=1S/C13H21IN2O/c1-10(4-9-13(14)16-3)17-12-7-5-11(15-2)6-8-12/h4,9,11-12,15H,3,5-8H2,1-2H3/b10-4+,13-9-/t11-,12+. The Balaban J connectivity index is 2.37. The van der Waals surface area contributed by atoms with E-state index in [4.69, 9.17) is 4.74 Å². The van der Waals surface area contributed by atoms with Crippen molar-refractivity contribution in [1.29, 1.82) is 0 Å². The van der Waals surface area contributed by atoms with Gasteiger partial charge in [-0.25, -0.2) is 0 Å². The van der Waals surface area contributed by atoms with E-state index in [0.717, 1.165) is 22.3 Å². The van der Waals surface area contributed by atoms with Gasteiger partial charge in [0.2, 0.25) is 0 Å². The SMILES string of the molecule is C=N/C(I)=C\C=C(/C)O[C@H]1CC[C@@H](NC)CC1. The summed E-state index contributed by atoms with van der Waals surface area (Å²) >= 11 is 2.14. The van der Waals surface area contributed by atoms with Crippen LogP contribution in [-0.2, 0) is 4.74 Å². The molecule has 0 spiro atoms. The van der Waals surface area contributed by atoms with Crippen LogP contribution in [0.1, 0.15) is 32.6 Å². The van der Waals surface area contributed by atoms with E-state index < -0.39 is 0 Å². The molecule has 1 fully saturated rings. The Kier molecular flexibility index (Phi) is 6.80. The molecule has 0 amide bonds. The average Bonchev–Trinajstić information content (AvgIpc) is 2.36. The summed E-state index contributed by atoms with van der Waals surface area (Å²) in [6.07, 6.45) is 8.93. The summed E-state index contributed by atoms with van der Waals surface area (Å²) in [4.78, 5) is 3.82. The first-order valence-corrected chi connectivity index (χ1v) is 7.08. The smallest absolute Gasteiger partial charge is 0.100 e. The van der Waals surface area contributed by atoms with E-state index in [1.165, 1.54) is 12.8 Å². The number of nitrogens with zero attached hydrogens (tertiary/aromatic N) is 1. The number of halogens is 1. The Morgan fingerprint density at radius 3 is 2.53 bits per heavy atom. The van der Waals surface area contributed by atoms with Gasteiger partial charge in [0.1, 0.15) is 3.70 Å². The van der Waals surface area contributed by atoms with Crippen molar-refractivity contribution < 1.29 is 4.74 Å². The molecule has 0 aromatic rings. The maximum Gasteiger partial charge on any atom is 0.100 e. The normalized spacial score (nSPS) is 26.8. The van der Waals surface area contributed by atoms with E-state index in [1.807, 2.05) is 26.1 Å². The number of hydrogen-bond donors (Lipinski definition) is 1. The highest BCUT2D eigenvalue weighted by Gasteiger charge is 2.20. The summed E-state index contributed by atoms with van der Waals surface area (Å²) in [7, 11) is 2.03. The zero-order valence-corrected chi connectivity index (χ0v) is 12.7. The summed E-state index contributed by atoms with van der Waals surface area (Å²) in [5.41, 5.74) is 0. The molecule has 0 aromatic carbocycles. The molecule has 1 aliphatic rings. The second kappa shape index (κ2) is 7.87. The van der Waals surface area contributed by atoms with Crippen LogP contribution < -0.4 is 5.32 Å². The first-order valence-electron chi connectivity index (χ1n) is 6.00. The van der Waals surface area contributed by atoms with Crippen LogP contribution in [0.15, 0.2) is 26.6 Å². The number of rotatable bonds is 5. The van der Waals surface area contributed by atoms with Gasteiger partial charge in [0, 0.05) is 6.04 Å². The minimum atomic E-state index is 0.374. The van der Waals surface area contributed by atoms with Crippen molar-refractivity contribution in [1.82, 2.24) is 5.32 Å². The zero-order chi connectivity index (χ0) is 12.7. The van der Waals surface area contributed by atoms with Gasteiger partial charge in [-0.2, -0.15) is 0 Å². The first kappa shape index (κ1) is 14.7. The van der Waals surface area contributed by atoms with E-state index in [0.29, 0.717) is 12.1 Å². The summed E-state index contributed by atoms with van der Waals surface area (Å²) < 4.78 is 6.78. The van der Waals surface area contributed by atoms with Gasteiger partial charge in [-0.3, -0.25) is 4.99 Å². The van der Waals surface area contributed by atoms with Gasteiger partial charge in [-0.1, -0.05) is 0 Å². The Morgan fingerprint density at radius 1 is 1.35 bits per heavy atom. The van der Waals surface area contributed by atoms with Gasteiger partial charge >= 0.3 is 0 Å². The lowest BCUT2D eigenvalue weighted by molar-refractivity contribution is 0.0755. The summed E-state index contributed by atoms with van der Waals surface area (Å²) in [5, 5.41) is 3.33. The molecule has 1 saturated carbocycles. The van der Waals surface area contributed by atoms with Crippen molar-refractivity contribution in [2.24, 2.45) is 4.99 Å². The van der Waals surface area contributed by atoms with E-state index in [9.17, 15) is 0 Å². The molecular formula is C13H21IN2O. The highest BCUT2D eigenvalue weighted by Crippen LogP contribution is 2.23. The second-order valence-electron chi connectivity index (χ2n) is 4.30. The Morgan fingerprint density at radius 2 is 2.00 bits per heavy atom. The Hall–Kier alpha value is -0.360. The minimum Gasteiger partial charge on any atom is -0.495 e. The second-order valence-corrected chi connectivity index (χ2v) is 5.41. The molecule has 0 atom stereocenters. The number of aliphatic imine (C=N–C) groups is 1. The average molecular weight is 348 g/mol. The Bertz CT molecular complexity index is 305. The molecular weight excluding hydrogens is 327 g/mol. The van der Waals surface area contributed by atoms with Crippen molar-refractivity contribution in [2.45, 2.75) is 44.8 Å². The molecule has 1 N–H and O–H groups in total. The predicted molar refractivity (Wildman–Crippen MR) is 81.6 cm³/mol. The van der Waals surface area contributed by atoms with Crippen LogP contribution in [0.3, 0.4) is 0 Å². The molecule has 96 valence electrons. The van der Waals surface area contributed by atoms with Crippen molar-refractivity contribution in [2.75, 3.05) is 7.05 Å². The lowest BCUT2D eigenvalue weighted by Gasteiger charge is -2.28. The monoisotopic (exact) mass is 348 g/mol. The molecule has 0 heterocycles. The van der Waals surface area contributed by atoms with Crippen LogP contribution in [-0.4, -0.2) is 25.9 Å². The topological polar surface area (TPSA) is 33.6 Å². The molecule has 3 nitrogen and oxygen atoms in total. The molecule has 0 bridgehead atoms. The largest absolute Gasteiger partial charge is 0.495 e. The van der Waals surface area contributed by atoms with Gasteiger partial charge in [0.15, 0.2) is 0 Å². The lowest BCUT2D eigenvalue weighted by atomic mass is 9.93. The van der Waals surface area contributed by atoms with Crippen molar-refractivity contribution in [3.8, 4) is 0 Å². The van der Waals surface area contributed by atoms with Crippen molar-refractivity contribution in [3.05, 3.63) is 21.6 Å². The molecule has 0 aromatic heterocycles. The number of ether oxygens (including phenoxy) is 1. The quantitative estimate of drug-likeness (QED) is 0.272. The lowest BCUT2D eigenvalue weighted by Crippen LogP contribution is -2.32. The molecule has 17 heavy (non-hydrogen) atoms. The Labute approximate surface area is 118 Å². The van der Waals surface area contributed by atoms with Gasteiger partial charge < -0.3 is 10.1 Å². The van der Waals surface area contributed by atoms with Crippen LogP contribution in [0, 0.1) is 0 Å². The summed E-state index contributed by atoms with van der Waals surface area (Å²) in [5.74, 6) is 0.954. The van der Waals surface area contributed by atoms with E-state index in [2.05, 4.69) is 39.6 Å². The predicted octanol–water partition coefficient (Wildman–Crippen LogP) is 3.41. The van der Waals surface area contributed by atoms with E-state index in [-0.39, 0.29) is 0 Å². The van der Waals surface area contributed by atoms with E-state index in [1.54, 1.807) is 0 Å². The maximum atomic E-state index is 5.90. The fourth-order valence-corrected chi connectivity index (χ4v) is 2.19. The van der Waals surface area contributed by atoms with E-state index >= 15 is 0 Å². The van der Waals surface area contributed by atoms with Gasteiger partial charge in [0.05, 0.1) is 11.9 Å². The maximum absolute atomic E-state index is 5.90. The van der Waals surface area contributed by atoms with Gasteiger partial charge in [-0.15, -0.1) is 0 Å². The molecule has 0 aliphatic heterocycles. The van der Waals surface area contributed by atoms with Crippen LogP contribution >= 0.6 is 22.6 Å². The fourth-order valence-electron chi connectivity index (χ4n) is 2.01. The van der Waals surface area contributed by atoms with Gasteiger partial charge in [0.25, 0.3) is 0 Å². The number of allylic oxidation sites excluding steroid dienone is 3. The van der Waals surface area contributed by atoms with Gasteiger partial charge in [-0.05, 0) is 81.1 Å². The van der Waals surface area contributed by atoms with Crippen LogP contribution in [0.4, 0.5) is 0 Å². The first-order chi connectivity index (χ1) is 8.15. The van der Waals surface area contributed by atoms with Crippen molar-refractivity contribution in [3.63, 3.8) is 0 Å². The highest BCUT2D eigenvalue weighted by molar-refractivity contribution is 14.1. The van der Waals surface area contributed by atoms with Crippen molar-refractivity contribution >= 4 is 29.3 Å². The van der Waals surface area contributed by atoms with Crippen LogP contribution in [0.2, 0.25) is 0 Å². The third kappa shape index (κ3) is 5.68. The number of nitrogens with one attached hydrogen (secondary N) is 1. The molecule has 1 aliphatic carbocycles.